The Morgan fingerprint density at radius 2 is 2.07 bits per heavy atom. The fraction of sp³-hybridized carbons (Fsp3) is 0.350. The molecule has 1 amide bonds. The van der Waals surface area contributed by atoms with E-state index < -0.39 is 5.97 Å². The standard InChI is InChI=1S/C20H22N4O3/c1-22-17-7-3-2-5-14(17)11-18(22)20(27)23-9-4-6-15(12-23)16-8-10-24(21-16)13-19(25)26/h2-3,5,7-8,10-11,15H,4,6,9,12-13H2,1H3,(H,25,26)/t15-/m0/s1. The van der Waals surface area contributed by atoms with Crippen LogP contribution in [0.25, 0.3) is 10.9 Å². The summed E-state index contributed by atoms with van der Waals surface area (Å²) in [5, 5.41) is 14.3. The highest BCUT2D eigenvalue weighted by Crippen LogP contribution is 2.28. The van der Waals surface area contributed by atoms with E-state index in [1.807, 2.05) is 52.9 Å². The minimum absolute atomic E-state index is 0.0309. The lowest BCUT2D eigenvalue weighted by Gasteiger charge is -2.32. The highest BCUT2D eigenvalue weighted by Gasteiger charge is 2.28. The van der Waals surface area contributed by atoms with Gasteiger partial charge in [-0.15, -0.1) is 0 Å². The van der Waals surface area contributed by atoms with Crippen LogP contribution in [-0.4, -0.2) is 49.3 Å². The van der Waals surface area contributed by atoms with Crippen molar-refractivity contribution in [1.82, 2.24) is 19.2 Å². The number of benzene rings is 1. The quantitative estimate of drug-likeness (QED) is 0.769. The Morgan fingerprint density at radius 1 is 1.26 bits per heavy atom. The first kappa shape index (κ1) is 17.3. The van der Waals surface area contributed by atoms with Crippen molar-refractivity contribution in [3.63, 3.8) is 0 Å². The first-order valence-corrected chi connectivity index (χ1v) is 9.12. The van der Waals surface area contributed by atoms with Crippen molar-refractivity contribution in [2.24, 2.45) is 7.05 Å². The third kappa shape index (κ3) is 3.32. The minimum Gasteiger partial charge on any atom is -0.480 e. The van der Waals surface area contributed by atoms with Crippen LogP contribution in [0.1, 0.15) is 34.9 Å². The molecule has 0 spiro atoms. The highest BCUT2D eigenvalue weighted by atomic mass is 16.4. The Bertz CT molecular complexity index is 1000. The zero-order chi connectivity index (χ0) is 19.0. The van der Waals surface area contributed by atoms with Crippen LogP contribution in [0.2, 0.25) is 0 Å². The van der Waals surface area contributed by atoms with Gasteiger partial charge in [0.15, 0.2) is 0 Å². The van der Waals surface area contributed by atoms with Crippen molar-refractivity contribution in [2.75, 3.05) is 13.1 Å². The zero-order valence-electron chi connectivity index (χ0n) is 15.2. The van der Waals surface area contributed by atoms with Crippen LogP contribution in [0.5, 0.6) is 0 Å². The fourth-order valence-electron chi connectivity index (χ4n) is 3.88. The smallest absolute Gasteiger partial charge is 0.325 e. The van der Waals surface area contributed by atoms with Crippen LogP contribution in [0, 0.1) is 0 Å². The normalized spacial score (nSPS) is 17.4. The maximum atomic E-state index is 13.1. The van der Waals surface area contributed by atoms with Gasteiger partial charge in [-0.1, -0.05) is 18.2 Å². The van der Waals surface area contributed by atoms with E-state index in [9.17, 15) is 9.59 Å². The monoisotopic (exact) mass is 366 g/mol. The predicted molar refractivity (Wildman–Crippen MR) is 101 cm³/mol. The zero-order valence-corrected chi connectivity index (χ0v) is 15.2. The first-order chi connectivity index (χ1) is 13.0. The molecule has 2 aromatic heterocycles. The van der Waals surface area contributed by atoms with Crippen molar-refractivity contribution in [2.45, 2.75) is 25.3 Å². The lowest BCUT2D eigenvalue weighted by molar-refractivity contribution is -0.137. The number of amides is 1. The maximum absolute atomic E-state index is 13.1. The van der Waals surface area contributed by atoms with Crippen LogP contribution in [0.3, 0.4) is 0 Å². The molecule has 1 aromatic carbocycles. The number of carbonyl (C=O) groups is 2. The van der Waals surface area contributed by atoms with Gasteiger partial charge >= 0.3 is 5.97 Å². The summed E-state index contributed by atoms with van der Waals surface area (Å²) < 4.78 is 3.38. The van der Waals surface area contributed by atoms with Gasteiger partial charge in [0, 0.05) is 43.2 Å². The summed E-state index contributed by atoms with van der Waals surface area (Å²) in [4.78, 5) is 25.8. The van der Waals surface area contributed by atoms with Crippen molar-refractivity contribution in [3.05, 3.63) is 54.0 Å². The second-order valence-electron chi connectivity index (χ2n) is 7.07. The number of piperidine rings is 1. The van der Waals surface area contributed by atoms with E-state index in [2.05, 4.69) is 5.10 Å². The third-order valence-corrected chi connectivity index (χ3v) is 5.26. The Labute approximate surface area is 156 Å². The number of hydrogen-bond acceptors (Lipinski definition) is 3. The number of carboxylic acid groups (broad SMARTS) is 1. The van der Waals surface area contributed by atoms with E-state index in [4.69, 9.17) is 5.11 Å². The number of nitrogens with zero attached hydrogens (tertiary/aromatic N) is 4. The molecular formula is C20H22N4O3. The van der Waals surface area contributed by atoms with Crippen LogP contribution >= 0.6 is 0 Å². The van der Waals surface area contributed by atoms with Crippen molar-refractivity contribution in [1.29, 1.82) is 0 Å². The highest BCUT2D eigenvalue weighted by molar-refractivity contribution is 5.98. The van der Waals surface area contributed by atoms with Gasteiger partial charge in [0.05, 0.1) is 5.69 Å². The molecule has 1 N–H and O–H groups in total. The van der Waals surface area contributed by atoms with Gasteiger partial charge in [0.1, 0.15) is 12.2 Å². The molecule has 7 nitrogen and oxygen atoms in total. The molecule has 0 radical (unpaired) electrons. The van der Waals surface area contributed by atoms with Crippen LogP contribution in [-0.2, 0) is 18.4 Å². The SMILES string of the molecule is Cn1c(C(=O)N2CCC[C@H](c3ccn(CC(=O)O)n3)C2)cc2ccccc21. The number of carbonyl (C=O) groups excluding carboxylic acids is 1. The topological polar surface area (TPSA) is 80.4 Å². The number of aromatic nitrogens is 3. The lowest BCUT2D eigenvalue weighted by atomic mass is 9.95. The molecule has 0 bridgehead atoms. The fourth-order valence-corrected chi connectivity index (χ4v) is 3.88. The summed E-state index contributed by atoms with van der Waals surface area (Å²) in [5.41, 5.74) is 2.58. The van der Waals surface area contributed by atoms with Gasteiger partial charge in [0.2, 0.25) is 0 Å². The van der Waals surface area contributed by atoms with Crippen LogP contribution in [0.15, 0.2) is 42.6 Å². The molecule has 0 unspecified atom stereocenters. The number of likely N-dealkylation sites (tertiary alicyclic amines) is 1. The largest absolute Gasteiger partial charge is 0.480 e. The molecule has 1 fully saturated rings. The third-order valence-electron chi connectivity index (χ3n) is 5.26. The number of hydrogen-bond donors (Lipinski definition) is 1. The second-order valence-corrected chi connectivity index (χ2v) is 7.07. The van der Waals surface area contributed by atoms with E-state index in [0.29, 0.717) is 12.2 Å². The molecule has 1 atom stereocenters. The van der Waals surface area contributed by atoms with E-state index in [-0.39, 0.29) is 18.4 Å². The number of aryl methyl sites for hydroxylation is 1. The molecule has 0 saturated carbocycles. The van der Waals surface area contributed by atoms with E-state index in [1.54, 1.807) is 6.20 Å². The Morgan fingerprint density at radius 3 is 2.85 bits per heavy atom. The molecule has 1 aliphatic rings. The first-order valence-electron chi connectivity index (χ1n) is 9.12. The maximum Gasteiger partial charge on any atom is 0.325 e. The number of aliphatic carboxylic acids is 1. The number of rotatable bonds is 4. The predicted octanol–water partition coefficient (Wildman–Crippen LogP) is 2.48. The molecular weight excluding hydrogens is 344 g/mol. The minimum atomic E-state index is -0.916. The number of carboxylic acids is 1. The molecule has 3 aromatic rings. The second kappa shape index (κ2) is 6.90. The summed E-state index contributed by atoms with van der Waals surface area (Å²) in [5.74, 6) is -0.753. The van der Waals surface area contributed by atoms with E-state index in [0.717, 1.165) is 36.0 Å². The van der Waals surface area contributed by atoms with Gasteiger partial charge in [-0.2, -0.15) is 5.10 Å². The summed E-state index contributed by atoms with van der Waals surface area (Å²) in [6.45, 7) is 1.18. The molecule has 7 heteroatoms. The van der Waals surface area contributed by atoms with Gasteiger partial charge in [-0.3, -0.25) is 14.3 Å². The van der Waals surface area contributed by atoms with E-state index >= 15 is 0 Å². The van der Waals surface area contributed by atoms with Crippen molar-refractivity contribution < 1.29 is 14.7 Å². The molecule has 27 heavy (non-hydrogen) atoms. The van der Waals surface area contributed by atoms with Gasteiger partial charge < -0.3 is 14.6 Å². The van der Waals surface area contributed by atoms with Gasteiger partial charge in [0.25, 0.3) is 5.91 Å². The molecule has 1 saturated heterocycles. The van der Waals surface area contributed by atoms with Crippen molar-refractivity contribution >= 4 is 22.8 Å². The number of para-hydroxylation sites is 1. The molecule has 3 heterocycles. The molecule has 1 aliphatic heterocycles. The molecule has 0 aliphatic carbocycles. The summed E-state index contributed by atoms with van der Waals surface area (Å²) >= 11 is 0. The van der Waals surface area contributed by atoms with Gasteiger partial charge in [-0.05, 0) is 31.0 Å². The average molecular weight is 366 g/mol. The summed E-state index contributed by atoms with van der Waals surface area (Å²) in [6.07, 6.45) is 3.54. The van der Waals surface area contributed by atoms with Crippen molar-refractivity contribution in [3.8, 4) is 0 Å². The van der Waals surface area contributed by atoms with Gasteiger partial charge in [-0.25, -0.2) is 0 Å². The Balaban J connectivity index is 1.53. The van der Waals surface area contributed by atoms with E-state index in [1.165, 1.54) is 4.68 Å². The number of fused-ring (bicyclic) bond motifs is 1. The van der Waals surface area contributed by atoms with Crippen LogP contribution in [0.4, 0.5) is 0 Å². The molecule has 140 valence electrons. The Hall–Kier alpha value is -3.09. The Kier molecular flexibility index (Phi) is 4.43. The average Bonchev–Trinajstić information content (AvgIpc) is 3.26. The van der Waals surface area contributed by atoms with Crippen LogP contribution < -0.4 is 0 Å². The summed E-state index contributed by atoms with van der Waals surface area (Å²) in [6, 6.07) is 11.8. The summed E-state index contributed by atoms with van der Waals surface area (Å²) in [7, 11) is 1.92. The molecule has 4 rings (SSSR count). The lowest BCUT2D eigenvalue weighted by Crippen LogP contribution is -2.40.